The molecule has 11 nitrogen and oxygen atoms in total. The first-order chi connectivity index (χ1) is 19.5. The number of benzene rings is 3. The van der Waals surface area contributed by atoms with E-state index in [9.17, 15) is 26.7 Å². The van der Waals surface area contributed by atoms with Crippen LogP contribution in [0.15, 0.2) is 82.7 Å². The molecule has 0 radical (unpaired) electrons. The van der Waals surface area contributed by atoms with Crippen molar-refractivity contribution in [3.63, 3.8) is 0 Å². The highest BCUT2D eigenvalue weighted by atomic mass is 32.2. The third-order valence-corrected chi connectivity index (χ3v) is 9.74. The molecule has 4 rings (SSSR count). The van der Waals surface area contributed by atoms with E-state index in [-0.39, 0.29) is 17.9 Å². The summed E-state index contributed by atoms with van der Waals surface area (Å²) in [6.45, 7) is 0.212. The standard InChI is InChI=1S/C28H31N3O8S2/c1-38-24-10-7-11-25(39-2)27(24)21-14-12-20(13-15-21)18-23(28(32)33)31(40(3,34)35)19-29-26-16-17-30(26)41(36,37)22-8-5-4-6-9-22/h4-15,19,23,26H,16-18H2,1-3H3,(H,32,33)/b29-19+/t23-,26?/m0/s1. The molecule has 1 unspecified atom stereocenters. The summed E-state index contributed by atoms with van der Waals surface area (Å²) < 4.78 is 64.0. The van der Waals surface area contributed by atoms with E-state index in [1.54, 1.807) is 74.9 Å². The van der Waals surface area contributed by atoms with Crippen molar-refractivity contribution in [3.05, 3.63) is 78.4 Å². The van der Waals surface area contributed by atoms with Gasteiger partial charge in [0.15, 0.2) is 0 Å². The summed E-state index contributed by atoms with van der Waals surface area (Å²) in [4.78, 5) is 16.6. The number of aliphatic carboxylic acids is 1. The zero-order valence-corrected chi connectivity index (χ0v) is 24.4. The molecular weight excluding hydrogens is 570 g/mol. The number of carboxylic acid groups (broad SMARTS) is 1. The molecule has 1 N–H and O–H groups in total. The molecule has 1 aliphatic heterocycles. The Hall–Kier alpha value is -3.94. The molecule has 218 valence electrons. The fourth-order valence-electron chi connectivity index (χ4n) is 4.50. The van der Waals surface area contributed by atoms with Crippen molar-refractivity contribution < 1.29 is 36.2 Å². The van der Waals surface area contributed by atoms with Gasteiger partial charge in [0.05, 0.1) is 30.9 Å². The fourth-order valence-corrected chi connectivity index (χ4v) is 6.95. The van der Waals surface area contributed by atoms with Crippen molar-refractivity contribution in [2.24, 2.45) is 4.99 Å². The fraction of sp³-hybridized carbons (Fsp3) is 0.286. The van der Waals surface area contributed by atoms with E-state index in [4.69, 9.17) is 9.47 Å². The van der Waals surface area contributed by atoms with Crippen molar-refractivity contribution in [1.82, 2.24) is 8.61 Å². The molecule has 13 heteroatoms. The van der Waals surface area contributed by atoms with Gasteiger partial charge < -0.3 is 14.6 Å². The predicted octanol–water partition coefficient (Wildman–Crippen LogP) is 3.08. The number of carbonyl (C=O) groups is 1. The van der Waals surface area contributed by atoms with Gasteiger partial charge in [0.25, 0.3) is 0 Å². The quantitative estimate of drug-likeness (QED) is 0.247. The molecule has 0 amide bonds. The third kappa shape index (κ3) is 6.53. The number of ether oxygens (including phenoxy) is 2. The van der Waals surface area contributed by atoms with Crippen LogP contribution in [-0.2, 0) is 31.3 Å². The highest BCUT2D eigenvalue weighted by molar-refractivity contribution is 7.89. The lowest BCUT2D eigenvalue weighted by Gasteiger charge is -2.37. The van der Waals surface area contributed by atoms with Gasteiger partial charge in [0.2, 0.25) is 20.0 Å². The number of hydrogen-bond acceptors (Lipinski definition) is 8. The average molecular weight is 602 g/mol. The van der Waals surface area contributed by atoms with Gasteiger partial charge in [-0.25, -0.2) is 25.9 Å². The number of carboxylic acids is 1. The van der Waals surface area contributed by atoms with Crippen LogP contribution in [0.2, 0.25) is 0 Å². The Morgan fingerprint density at radius 3 is 2.10 bits per heavy atom. The zero-order valence-electron chi connectivity index (χ0n) is 22.7. The Kier molecular flexibility index (Phi) is 9.00. The molecule has 0 aliphatic carbocycles. The van der Waals surface area contributed by atoms with Gasteiger partial charge >= 0.3 is 5.97 Å². The van der Waals surface area contributed by atoms with Crippen molar-refractivity contribution in [2.75, 3.05) is 27.0 Å². The van der Waals surface area contributed by atoms with Crippen molar-refractivity contribution >= 4 is 32.4 Å². The third-order valence-electron chi connectivity index (χ3n) is 6.72. The molecular formula is C28H31N3O8S2. The van der Waals surface area contributed by atoms with E-state index in [1.807, 2.05) is 0 Å². The lowest BCUT2D eigenvalue weighted by Crippen LogP contribution is -2.51. The first-order valence-electron chi connectivity index (χ1n) is 12.6. The average Bonchev–Trinajstić information content (AvgIpc) is 2.93. The lowest BCUT2D eigenvalue weighted by atomic mass is 9.99. The minimum atomic E-state index is -4.08. The summed E-state index contributed by atoms with van der Waals surface area (Å²) in [5.74, 6) is -0.182. The Labute approximate surface area is 239 Å². The molecule has 0 saturated carbocycles. The van der Waals surface area contributed by atoms with Crippen LogP contribution in [0.3, 0.4) is 0 Å². The van der Waals surface area contributed by atoms with E-state index in [2.05, 4.69) is 4.99 Å². The second-order valence-corrected chi connectivity index (χ2v) is 13.1. The van der Waals surface area contributed by atoms with Gasteiger partial charge in [-0.15, -0.1) is 0 Å². The minimum absolute atomic E-state index is 0.0949. The summed E-state index contributed by atoms with van der Waals surface area (Å²) in [6, 6.07) is 18.7. The first-order valence-corrected chi connectivity index (χ1v) is 15.9. The van der Waals surface area contributed by atoms with Gasteiger partial charge in [-0.2, -0.15) is 4.31 Å². The first kappa shape index (κ1) is 30.0. The molecule has 41 heavy (non-hydrogen) atoms. The molecule has 0 spiro atoms. The maximum absolute atomic E-state index is 13.0. The smallest absolute Gasteiger partial charge is 0.327 e. The predicted molar refractivity (Wildman–Crippen MR) is 154 cm³/mol. The topological polar surface area (TPSA) is 143 Å². The zero-order chi connectivity index (χ0) is 29.8. The lowest BCUT2D eigenvalue weighted by molar-refractivity contribution is -0.140. The number of rotatable bonds is 12. The number of aliphatic imine (C=N–C) groups is 1. The van der Waals surface area contributed by atoms with Gasteiger partial charge in [0, 0.05) is 13.0 Å². The highest BCUT2D eigenvalue weighted by Crippen LogP contribution is 2.38. The minimum Gasteiger partial charge on any atom is -0.496 e. The summed E-state index contributed by atoms with van der Waals surface area (Å²) >= 11 is 0. The molecule has 3 aromatic carbocycles. The largest absolute Gasteiger partial charge is 0.496 e. The van der Waals surface area contributed by atoms with Gasteiger partial charge in [-0.3, -0.25) is 4.99 Å². The summed E-state index contributed by atoms with van der Waals surface area (Å²) in [5.41, 5.74) is 2.05. The van der Waals surface area contributed by atoms with Crippen LogP contribution in [0.25, 0.3) is 11.1 Å². The van der Waals surface area contributed by atoms with Crippen LogP contribution in [0.1, 0.15) is 12.0 Å². The Balaban J connectivity index is 1.57. The Morgan fingerprint density at radius 1 is 1.00 bits per heavy atom. The van der Waals surface area contributed by atoms with Crippen LogP contribution in [0.5, 0.6) is 11.5 Å². The molecule has 3 aromatic rings. The second kappa shape index (κ2) is 12.3. The highest BCUT2D eigenvalue weighted by Gasteiger charge is 2.39. The molecule has 1 fully saturated rings. The van der Waals surface area contributed by atoms with E-state index >= 15 is 0 Å². The molecule has 0 bridgehead atoms. The molecule has 1 heterocycles. The number of nitrogens with zero attached hydrogens (tertiary/aromatic N) is 3. The van der Waals surface area contributed by atoms with E-state index in [0.717, 1.165) is 28.0 Å². The van der Waals surface area contributed by atoms with E-state index < -0.39 is 38.2 Å². The van der Waals surface area contributed by atoms with Gasteiger partial charge in [0.1, 0.15) is 30.0 Å². The Morgan fingerprint density at radius 2 is 1.61 bits per heavy atom. The number of hydrogen-bond donors (Lipinski definition) is 1. The van der Waals surface area contributed by atoms with Crippen molar-refractivity contribution in [2.45, 2.75) is 29.9 Å². The summed E-state index contributed by atoms with van der Waals surface area (Å²) in [7, 11) is -4.83. The van der Waals surface area contributed by atoms with E-state index in [1.165, 1.54) is 12.1 Å². The van der Waals surface area contributed by atoms with Crippen LogP contribution < -0.4 is 9.47 Å². The van der Waals surface area contributed by atoms with Gasteiger partial charge in [-0.1, -0.05) is 48.5 Å². The molecule has 1 saturated heterocycles. The summed E-state index contributed by atoms with van der Waals surface area (Å²) in [5, 5.41) is 10.00. The van der Waals surface area contributed by atoms with Crippen LogP contribution in [0.4, 0.5) is 0 Å². The normalized spacial score (nSPS) is 16.6. The monoisotopic (exact) mass is 601 g/mol. The molecule has 1 aliphatic rings. The van der Waals surface area contributed by atoms with Gasteiger partial charge in [-0.05, 0) is 41.8 Å². The van der Waals surface area contributed by atoms with Crippen molar-refractivity contribution in [1.29, 1.82) is 0 Å². The van der Waals surface area contributed by atoms with E-state index in [0.29, 0.717) is 27.8 Å². The number of methoxy groups -OCH3 is 2. The summed E-state index contributed by atoms with van der Waals surface area (Å²) in [6.07, 6.45) is 1.15. The SMILES string of the molecule is COc1cccc(OC)c1-c1ccc(C[C@@H](C(=O)O)N(/C=N/C2CCN2S(=O)(=O)c2ccccc2)S(C)(=O)=O)cc1. The maximum Gasteiger partial charge on any atom is 0.327 e. The molecule has 2 atom stereocenters. The Bertz CT molecular complexity index is 1600. The van der Waals surface area contributed by atoms with Crippen molar-refractivity contribution in [3.8, 4) is 22.6 Å². The second-order valence-electron chi connectivity index (χ2n) is 9.35. The number of sulfonamides is 2. The van der Waals surface area contributed by atoms with Crippen LogP contribution in [-0.4, -0.2) is 82.1 Å². The van der Waals surface area contributed by atoms with Crippen LogP contribution in [0, 0.1) is 0 Å². The van der Waals surface area contributed by atoms with Crippen LogP contribution >= 0.6 is 0 Å². The maximum atomic E-state index is 13.0. The molecule has 0 aromatic heterocycles.